The third-order valence-corrected chi connectivity index (χ3v) is 1.79. The number of carbonyl (C=O) groups is 1. The van der Waals surface area contributed by atoms with Crippen LogP contribution in [0.1, 0.15) is 13.8 Å². The molecule has 1 fully saturated rings. The summed E-state index contributed by atoms with van der Waals surface area (Å²) in [5.74, 6) is 0.665. The Kier molecular flexibility index (Phi) is 2.27. The van der Waals surface area contributed by atoms with E-state index in [2.05, 4.69) is 17.6 Å². The van der Waals surface area contributed by atoms with Crippen LogP contribution in [0.5, 0.6) is 0 Å². The van der Waals surface area contributed by atoms with E-state index in [-0.39, 0.29) is 11.9 Å². The van der Waals surface area contributed by atoms with Crippen LogP contribution < -0.4 is 10.6 Å². The van der Waals surface area contributed by atoms with E-state index in [0.29, 0.717) is 5.92 Å². The highest BCUT2D eigenvalue weighted by Crippen LogP contribution is 1.96. The maximum Gasteiger partial charge on any atom is 0.236 e. The first-order valence-electron chi connectivity index (χ1n) is 3.71. The second-order valence-corrected chi connectivity index (χ2v) is 2.98. The molecule has 0 aromatic carbocycles. The smallest absolute Gasteiger partial charge is 0.236 e. The van der Waals surface area contributed by atoms with Gasteiger partial charge in [0.15, 0.2) is 0 Å². The first-order chi connectivity index (χ1) is 4.70. The molecule has 10 heavy (non-hydrogen) atoms. The van der Waals surface area contributed by atoms with E-state index in [9.17, 15) is 4.79 Å². The predicted octanol–water partition coefficient (Wildman–Crippen LogP) is -0.270. The maximum absolute atomic E-state index is 11.0. The van der Waals surface area contributed by atoms with Crippen LogP contribution in [0.2, 0.25) is 0 Å². The molecule has 2 atom stereocenters. The van der Waals surface area contributed by atoms with Crippen LogP contribution in [-0.4, -0.2) is 25.0 Å². The highest BCUT2D eigenvalue weighted by molar-refractivity contribution is 5.81. The fourth-order valence-electron chi connectivity index (χ4n) is 0.971. The zero-order valence-corrected chi connectivity index (χ0v) is 6.48. The molecule has 2 N–H and O–H groups in total. The summed E-state index contributed by atoms with van der Waals surface area (Å²) in [5, 5.41) is 5.97. The molecule has 0 radical (unpaired) electrons. The van der Waals surface area contributed by atoms with Gasteiger partial charge in [0.25, 0.3) is 0 Å². The van der Waals surface area contributed by atoms with Crippen LogP contribution in [0.4, 0.5) is 0 Å². The minimum absolute atomic E-state index is 0.0232. The van der Waals surface area contributed by atoms with Crippen molar-refractivity contribution >= 4 is 5.91 Å². The second kappa shape index (κ2) is 3.01. The average Bonchev–Trinajstić information content (AvgIpc) is 2.04. The second-order valence-electron chi connectivity index (χ2n) is 2.98. The first-order valence-corrected chi connectivity index (χ1v) is 3.71. The molecule has 0 bridgehead atoms. The molecule has 58 valence electrons. The van der Waals surface area contributed by atoms with Gasteiger partial charge in [-0.2, -0.15) is 0 Å². The third kappa shape index (κ3) is 1.70. The highest BCUT2D eigenvalue weighted by atomic mass is 16.2. The molecule has 1 rings (SSSR count). The zero-order chi connectivity index (χ0) is 7.56. The van der Waals surface area contributed by atoms with Crippen LogP contribution in [0.25, 0.3) is 0 Å². The number of hydrogen-bond acceptors (Lipinski definition) is 2. The Morgan fingerprint density at radius 1 is 1.40 bits per heavy atom. The lowest BCUT2D eigenvalue weighted by Gasteiger charge is -2.06. The van der Waals surface area contributed by atoms with Crippen molar-refractivity contribution in [2.75, 3.05) is 13.1 Å². The van der Waals surface area contributed by atoms with E-state index in [1.54, 1.807) is 0 Å². The molecule has 1 amide bonds. The molecule has 1 saturated heterocycles. The van der Waals surface area contributed by atoms with Gasteiger partial charge in [0.1, 0.15) is 0 Å². The van der Waals surface area contributed by atoms with E-state index in [0.717, 1.165) is 13.1 Å². The van der Waals surface area contributed by atoms with Crippen LogP contribution in [-0.2, 0) is 4.79 Å². The molecule has 0 aliphatic carbocycles. The minimum atomic E-state index is -0.0232. The van der Waals surface area contributed by atoms with E-state index < -0.39 is 0 Å². The number of nitrogens with one attached hydrogen (secondary N) is 2. The number of carbonyl (C=O) groups excluding carboxylic acids is 1. The van der Waals surface area contributed by atoms with Gasteiger partial charge < -0.3 is 10.6 Å². The maximum atomic E-state index is 11.0. The summed E-state index contributed by atoms with van der Waals surface area (Å²) in [7, 11) is 0. The molecular formula is C7H14N2O. The van der Waals surface area contributed by atoms with Crippen molar-refractivity contribution in [1.29, 1.82) is 0 Å². The van der Waals surface area contributed by atoms with E-state index in [1.807, 2.05) is 6.92 Å². The molecule has 3 nitrogen and oxygen atoms in total. The lowest BCUT2D eigenvalue weighted by atomic mass is 10.2. The standard InChI is InChI=1S/C7H14N2O/c1-5-3-8-6(2)7(10)9-4-5/h5-6,8H,3-4H2,1-2H3,(H,9,10)/t5-,6-/m1/s1. The zero-order valence-electron chi connectivity index (χ0n) is 6.48. The van der Waals surface area contributed by atoms with Gasteiger partial charge in [-0.25, -0.2) is 0 Å². The Morgan fingerprint density at radius 3 is 2.80 bits per heavy atom. The van der Waals surface area contributed by atoms with Gasteiger partial charge in [0.2, 0.25) is 5.91 Å². The van der Waals surface area contributed by atoms with Gasteiger partial charge in [-0.15, -0.1) is 0 Å². The normalized spacial score (nSPS) is 34.8. The fraction of sp³-hybridized carbons (Fsp3) is 0.857. The van der Waals surface area contributed by atoms with Crippen LogP contribution in [0, 0.1) is 5.92 Å². The Labute approximate surface area is 61.2 Å². The molecule has 1 aliphatic heterocycles. The molecule has 0 aromatic heterocycles. The molecule has 3 heteroatoms. The van der Waals surface area contributed by atoms with Gasteiger partial charge in [-0.3, -0.25) is 4.79 Å². The predicted molar refractivity (Wildman–Crippen MR) is 39.6 cm³/mol. The van der Waals surface area contributed by atoms with Gasteiger partial charge in [0.05, 0.1) is 6.04 Å². The largest absolute Gasteiger partial charge is 0.354 e. The average molecular weight is 142 g/mol. The summed E-state index contributed by atoms with van der Waals surface area (Å²) in [6.45, 7) is 5.73. The molecule has 0 aromatic rings. The number of rotatable bonds is 0. The molecule has 0 saturated carbocycles. The monoisotopic (exact) mass is 142 g/mol. The summed E-state index contributed by atoms with van der Waals surface area (Å²) < 4.78 is 0. The first kappa shape index (κ1) is 7.54. The Morgan fingerprint density at radius 2 is 2.10 bits per heavy atom. The quantitative estimate of drug-likeness (QED) is 0.489. The summed E-state index contributed by atoms with van der Waals surface area (Å²) in [4.78, 5) is 11.0. The van der Waals surface area contributed by atoms with Gasteiger partial charge >= 0.3 is 0 Å². The number of hydrogen-bond donors (Lipinski definition) is 2. The highest BCUT2D eigenvalue weighted by Gasteiger charge is 2.17. The Hall–Kier alpha value is -0.570. The van der Waals surface area contributed by atoms with E-state index in [4.69, 9.17) is 0 Å². The van der Waals surface area contributed by atoms with Crippen molar-refractivity contribution in [3.05, 3.63) is 0 Å². The van der Waals surface area contributed by atoms with Gasteiger partial charge in [0, 0.05) is 13.1 Å². The molecule has 1 heterocycles. The topological polar surface area (TPSA) is 41.1 Å². The van der Waals surface area contributed by atoms with Crippen molar-refractivity contribution in [3.63, 3.8) is 0 Å². The van der Waals surface area contributed by atoms with Gasteiger partial charge in [-0.05, 0) is 12.8 Å². The molecule has 1 aliphatic rings. The van der Waals surface area contributed by atoms with Gasteiger partial charge in [-0.1, -0.05) is 6.92 Å². The summed E-state index contributed by atoms with van der Waals surface area (Å²) in [6.07, 6.45) is 0. The van der Waals surface area contributed by atoms with Crippen molar-refractivity contribution in [1.82, 2.24) is 10.6 Å². The number of amides is 1. The molecule has 0 unspecified atom stereocenters. The SMILES string of the molecule is C[C@H]1CNC(=O)[C@@H](C)NC1. The molecular weight excluding hydrogens is 128 g/mol. The Bertz CT molecular complexity index is 136. The summed E-state index contributed by atoms with van der Waals surface area (Å²) in [6, 6.07) is -0.0232. The minimum Gasteiger partial charge on any atom is -0.354 e. The summed E-state index contributed by atoms with van der Waals surface area (Å²) >= 11 is 0. The van der Waals surface area contributed by atoms with E-state index in [1.165, 1.54) is 0 Å². The van der Waals surface area contributed by atoms with Crippen molar-refractivity contribution in [2.24, 2.45) is 5.92 Å². The third-order valence-electron chi connectivity index (χ3n) is 1.79. The van der Waals surface area contributed by atoms with Crippen molar-refractivity contribution < 1.29 is 4.79 Å². The lowest BCUT2D eigenvalue weighted by molar-refractivity contribution is -0.122. The lowest BCUT2D eigenvalue weighted by Crippen LogP contribution is -2.38. The fourth-order valence-corrected chi connectivity index (χ4v) is 0.971. The van der Waals surface area contributed by atoms with Crippen molar-refractivity contribution in [2.45, 2.75) is 19.9 Å². The van der Waals surface area contributed by atoms with Crippen LogP contribution >= 0.6 is 0 Å². The Balaban J connectivity index is 2.46. The van der Waals surface area contributed by atoms with Crippen LogP contribution in [0.15, 0.2) is 0 Å². The molecule has 0 spiro atoms. The van der Waals surface area contributed by atoms with Crippen molar-refractivity contribution in [3.8, 4) is 0 Å². The summed E-state index contributed by atoms with van der Waals surface area (Å²) in [5.41, 5.74) is 0. The van der Waals surface area contributed by atoms with Crippen LogP contribution in [0.3, 0.4) is 0 Å². The van der Waals surface area contributed by atoms with E-state index >= 15 is 0 Å².